The van der Waals surface area contributed by atoms with Gasteiger partial charge in [-0.3, -0.25) is 4.90 Å². The van der Waals surface area contributed by atoms with Crippen LogP contribution in [0.15, 0.2) is 60.7 Å². The molecular formula is C22H27N3O2. The van der Waals surface area contributed by atoms with Crippen LogP contribution in [-0.2, 0) is 6.54 Å². The van der Waals surface area contributed by atoms with Gasteiger partial charge < -0.3 is 15.0 Å². The molecule has 0 unspecified atom stereocenters. The van der Waals surface area contributed by atoms with Gasteiger partial charge >= 0.3 is 6.03 Å². The van der Waals surface area contributed by atoms with Crippen LogP contribution in [0.5, 0.6) is 5.75 Å². The summed E-state index contributed by atoms with van der Waals surface area (Å²) in [6.45, 7) is 4.66. The van der Waals surface area contributed by atoms with E-state index in [9.17, 15) is 4.79 Å². The van der Waals surface area contributed by atoms with Crippen molar-refractivity contribution >= 4 is 12.1 Å². The molecule has 0 spiro atoms. The maximum absolute atomic E-state index is 12.4. The Kier molecular flexibility index (Phi) is 6.88. The van der Waals surface area contributed by atoms with Crippen molar-refractivity contribution in [3.05, 3.63) is 71.8 Å². The number of hydrogen-bond acceptors (Lipinski definition) is 3. The fraction of sp³-hybridized carbons (Fsp3) is 0.318. The number of urea groups is 1. The fourth-order valence-electron chi connectivity index (χ4n) is 3.17. The number of nitrogens with zero attached hydrogens (tertiary/aromatic N) is 2. The molecule has 2 aromatic rings. The monoisotopic (exact) mass is 365 g/mol. The van der Waals surface area contributed by atoms with Gasteiger partial charge in [-0.25, -0.2) is 4.79 Å². The van der Waals surface area contributed by atoms with E-state index in [2.05, 4.69) is 34.5 Å². The molecular weight excluding hydrogens is 338 g/mol. The average Bonchev–Trinajstić information content (AvgIpc) is 2.73. The highest BCUT2D eigenvalue weighted by Gasteiger charge is 2.20. The van der Waals surface area contributed by atoms with Crippen molar-refractivity contribution in [2.24, 2.45) is 0 Å². The lowest BCUT2D eigenvalue weighted by Gasteiger charge is -2.34. The van der Waals surface area contributed by atoms with Crippen LogP contribution in [0.1, 0.15) is 11.1 Å². The summed E-state index contributed by atoms with van der Waals surface area (Å²) in [5.41, 5.74) is 2.20. The zero-order valence-corrected chi connectivity index (χ0v) is 15.8. The molecule has 0 bridgehead atoms. The van der Waals surface area contributed by atoms with E-state index in [0.717, 1.165) is 44.0 Å². The summed E-state index contributed by atoms with van der Waals surface area (Å²) in [7, 11) is 1.64. The second-order valence-electron chi connectivity index (χ2n) is 6.57. The van der Waals surface area contributed by atoms with E-state index in [-0.39, 0.29) is 6.03 Å². The summed E-state index contributed by atoms with van der Waals surface area (Å²) >= 11 is 0. The largest absolute Gasteiger partial charge is 0.496 e. The van der Waals surface area contributed by atoms with Gasteiger partial charge in [0.25, 0.3) is 0 Å². The molecule has 1 aliphatic rings. The molecule has 27 heavy (non-hydrogen) atoms. The van der Waals surface area contributed by atoms with Crippen molar-refractivity contribution in [1.82, 2.24) is 15.1 Å². The molecule has 1 saturated heterocycles. The topological polar surface area (TPSA) is 44.8 Å². The first kappa shape index (κ1) is 19.0. The quantitative estimate of drug-likeness (QED) is 0.855. The molecule has 0 saturated carbocycles. The number of ether oxygens (including phenoxy) is 1. The van der Waals surface area contributed by atoms with Crippen molar-refractivity contribution in [3.63, 3.8) is 0 Å². The smallest absolute Gasteiger partial charge is 0.317 e. The van der Waals surface area contributed by atoms with E-state index in [0.29, 0.717) is 6.54 Å². The number of amides is 2. The predicted molar refractivity (Wildman–Crippen MR) is 109 cm³/mol. The predicted octanol–water partition coefficient (Wildman–Crippen LogP) is 3.24. The van der Waals surface area contributed by atoms with Crippen LogP contribution in [0, 0.1) is 0 Å². The maximum Gasteiger partial charge on any atom is 0.317 e. The molecule has 1 N–H and O–H groups in total. The summed E-state index contributed by atoms with van der Waals surface area (Å²) in [5.74, 6) is 0.799. The molecule has 0 radical (unpaired) electrons. The molecule has 142 valence electrons. The summed E-state index contributed by atoms with van der Waals surface area (Å²) < 4.78 is 5.33. The SMILES string of the molecule is COc1ccccc1CNC(=O)N1CCN(C/C=C/c2ccccc2)CC1. The molecule has 0 aromatic heterocycles. The minimum absolute atomic E-state index is 0.0135. The first-order valence-corrected chi connectivity index (χ1v) is 9.35. The molecule has 0 atom stereocenters. The van der Waals surface area contributed by atoms with Gasteiger partial charge in [-0.1, -0.05) is 60.7 Å². The highest BCUT2D eigenvalue weighted by Crippen LogP contribution is 2.16. The van der Waals surface area contributed by atoms with Gasteiger partial charge in [0.1, 0.15) is 5.75 Å². The lowest BCUT2D eigenvalue weighted by molar-refractivity contribution is 0.146. The number of benzene rings is 2. The number of carbonyl (C=O) groups excluding carboxylic acids is 1. The van der Waals surface area contributed by atoms with Crippen LogP contribution in [-0.4, -0.2) is 55.7 Å². The number of piperazine rings is 1. The van der Waals surface area contributed by atoms with E-state index in [4.69, 9.17) is 4.74 Å². The molecule has 2 aromatic carbocycles. The summed E-state index contributed by atoms with van der Waals surface area (Å²) in [6, 6.07) is 18.0. The average molecular weight is 365 g/mol. The Morgan fingerprint density at radius 2 is 1.74 bits per heavy atom. The van der Waals surface area contributed by atoms with Crippen molar-refractivity contribution in [1.29, 1.82) is 0 Å². The second-order valence-corrected chi connectivity index (χ2v) is 6.57. The zero-order chi connectivity index (χ0) is 18.9. The van der Waals surface area contributed by atoms with Gasteiger partial charge in [-0.15, -0.1) is 0 Å². The van der Waals surface area contributed by atoms with E-state index >= 15 is 0 Å². The molecule has 5 heteroatoms. The Bertz CT molecular complexity index is 753. The molecule has 1 heterocycles. The third kappa shape index (κ3) is 5.59. The van der Waals surface area contributed by atoms with Crippen molar-refractivity contribution in [2.75, 3.05) is 39.8 Å². The minimum atomic E-state index is -0.0135. The van der Waals surface area contributed by atoms with E-state index in [1.54, 1.807) is 7.11 Å². The van der Waals surface area contributed by atoms with Crippen LogP contribution in [0.2, 0.25) is 0 Å². The molecule has 1 fully saturated rings. The van der Waals surface area contributed by atoms with Crippen molar-refractivity contribution in [3.8, 4) is 5.75 Å². The summed E-state index contributed by atoms with van der Waals surface area (Å²) in [5, 5.41) is 3.00. The van der Waals surface area contributed by atoms with Crippen LogP contribution >= 0.6 is 0 Å². The van der Waals surface area contributed by atoms with Gasteiger partial charge in [0, 0.05) is 44.8 Å². The molecule has 5 nitrogen and oxygen atoms in total. The highest BCUT2D eigenvalue weighted by atomic mass is 16.5. The van der Waals surface area contributed by atoms with Gasteiger partial charge in [0.05, 0.1) is 7.11 Å². The van der Waals surface area contributed by atoms with E-state index < -0.39 is 0 Å². The Hall–Kier alpha value is -2.79. The van der Waals surface area contributed by atoms with Crippen molar-refractivity contribution < 1.29 is 9.53 Å². The first-order valence-electron chi connectivity index (χ1n) is 9.35. The van der Waals surface area contributed by atoms with Crippen molar-refractivity contribution in [2.45, 2.75) is 6.54 Å². The van der Waals surface area contributed by atoms with E-state index in [1.807, 2.05) is 47.4 Å². The van der Waals surface area contributed by atoms with Crippen LogP contribution in [0.4, 0.5) is 4.79 Å². The highest BCUT2D eigenvalue weighted by molar-refractivity contribution is 5.74. The number of para-hydroxylation sites is 1. The molecule has 2 amide bonds. The third-order valence-electron chi connectivity index (χ3n) is 4.76. The van der Waals surface area contributed by atoms with E-state index in [1.165, 1.54) is 5.56 Å². The van der Waals surface area contributed by atoms with Gasteiger partial charge in [-0.05, 0) is 11.6 Å². The fourth-order valence-corrected chi connectivity index (χ4v) is 3.17. The standard InChI is InChI=1S/C22H27N3O2/c1-27-21-12-6-5-11-20(21)18-23-22(26)25-16-14-24(15-17-25)13-7-10-19-8-3-2-4-9-19/h2-12H,13-18H2,1H3,(H,23,26)/b10-7+. The number of hydrogen-bond donors (Lipinski definition) is 1. The lowest BCUT2D eigenvalue weighted by Crippen LogP contribution is -2.51. The number of rotatable bonds is 6. The van der Waals surface area contributed by atoms with Gasteiger partial charge in [-0.2, -0.15) is 0 Å². The maximum atomic E-state index is 12.4. The second kappa shape index (κ2) is 9.78. The molecule has 0 aliphatic carbocycles. The Balaban J connectivity index is 1.40. The van der Waals surface area contributed by atoms with Crippen LogP contribution in [0.25, 0.3) is 6.08 Å². The van der Waals surface area contributed by atoms with Gasteiger partial charge in [0.15, 0.2) is 0 Å². The first-order chi connectivity index (χ1) is 13.3. The van der Waals surface area contributed by atoms with Gasteiger partial charge in [0.2, 0.25) is 0 Å². The Labute approximate surface area is 161 Å². The Morgan fingerprint density at radius 1 is 1.04 bits per heavy atom. The summed E-state index contributed by atoms with van der Waals surface area (Å²) in [4.78, 5) is 16.7. The lowest BCUT2D eigenvalue weighted by atomic mass is 10.2. The summed E-state index contributed by atoms with van der Waals surface area (Å²) in [6.07, 6.45) is 4.33. The third-order valence-corrected chi connectivity index (χ3v) is 4.76. The molecule has 3 rings (SSSR count). The molecule has 1 aliphatic heterocycles. The zero-order valence-electron chi connectivity index (χ0n) is 15.8. The number of nitrogens with one attached hydrogen (secondary N) is 1. The normalized spacial score (nSPS) is 15.1. The number of carbonyl (C=O) groups is 1. The Morgan fingerprint density at radius 3 is 2.48 bits per heavy atom. The van der Waals surface area contributed by atoms with Crippen LogP contribution < -0.4 is 10.1 Å². The number of methoxy groups -OCH3 is 1. The minimum Gasteiger partial charge on any atom is -0.496 e. The van der Waals surface area contributed by atoms with Crippen LogP contribution in [0.3, 0.4) is 0 Å².